The standard InChI is InChI=1S/C23H22FNO3/c1-14-5-4-8-19(20(14)15-6-2-3-7-15)21(26)25-23(22(27)28)12-16-9-10-18(24)11-17(16)13-23/h4-6,8-11H,2-3,7,12-13H2,1H3,(H,25,26)(H,27,28). The fourth-order valence-corrected chi connectivity index (χ4v) is 4.40. The number of hydrogen-bond acceptors (Lipinski definition) is 2. The van der Waals surface area contributed by atoms with E-state index in [1.807, 2.05) is 19.1 Å². The summed E-state index contributed by atoms with van der Waals surface area (Å²) in [5.74, 6) is -1.91. The van der Waals surface area contributed by atoms with Crippen molar-refractivity contribution in [3.8, 4) is 0 Å². The second-order valence-electron chi connectivity index (χ2n) is 7.73. The molecule has 1 amide bonds. The first-order valence-electron chi connectivity index (χ1n) is 9.52. The summed E-state index contributed by atoms with van der Waals surface area (Å²) in [6.45, 7) is 1.96. The van der Waals surface area contributed by atoms with Crippen LogP contribution < -0.4 is 5.32 Å². The van der Waals surface area contributed by atoms with Gasteiger partial charge in [0.2, 0.25) is 0 Å². The van der Waals surface area contributed by atoms with Gasteiger partial charge in [0.1, 0.15) is 11.4 Å². The van der Waals surface area contributed by atoms with Gasteiger partial charge >= 0.3 is 5.97 Å². The van der Waals surface area contributed by atoms with Crippen LogP contribution in [0.4, 0.5) is 4.39 Å². The molecule has 4 rings (SSSR count). The number of carbonyl (C=O) groups is 2. The molecule has 2 aromatic carbocycles. The van der Waals surface area contributed by atoms with Gasteiger partial charge in [0.25, 0.3) is 5.91 Å². The molecule has 2 aliphatic carbocycles. The van der Waals surface area contributed by atoms with Gasteiger partial charge in [0, 0.05) is 18.4 Å². The number of allylic oxidation sites excluding steroid dienone is 2. The van der Waals surface area contributed by atoms with Crippen LogP contribution in [0.1, 0.15) is 51.9 Å². The first-order valence-corrected chi connectivity index (χ1v) is 9.52. The molecule has 0 saturated carbocycles. The molecule has 4 nitrogen and oxygen atoms in total. The Labute approximate surface area is 163 Å². The van der Waals surface area contributed by atoms with E-state index in [4.69, 9.17) is 0 Å². The topological polar surface area (TPSA) is 66.4 Å². The third-order valence-electron chi connectivity index (χ3n) is 5.79. The molecule has 0 fully saturated rings. The lowest BCUT2D eigenvalue weighted by atomic mass is 9.91. The van der Waals surface area contributed by atoms with Crippen molar-refractivity contribution in [2.75, 3.05) is 0 Å². The summed E-state index contributed by atoms with van der Waals surface area (Å²) in [4.78, 5) is 25.3. The van der Waals surface area contributed by atoms with E-state index in [0.717, 1.165) is 41.5 Å². The second kappa shape index (κ2) is 6.89. The van der Waals surface area contributed by atoms with Gasteiger partial charge in [-0.2, -0.15) is 0 Å². The van der Waals surface area contributed by atoms with Gasteiger partial charge in [-0.05, 0) is 72.2 Å². The summed E-state index contributed by atoms with van der Waals surface area (Å²) in [7, 11) is 0. The lowest BCUT2D eigenvalue weighted by Gasteiger charge is -2.26. The first-order chi connectivity index (χ1) is 13.4. The van der Waals surface area contributed by atoms with Crippen LogP contribution in [0.3, 0.4) is 0 Å². The minimum atomic E-state index is -1.46. The van der Waals surface area contributed by atoms with Crippen LogP contribution in [0, 0.1) is 12.7 Å². The largest absolute Gasteiger partial charge is 0.479 e. The zero-order chi connectivity index (χ0) is 19.9. The molecule has 1 unspecified atom stereocenters. The van der Waals surface area contributed by atoms with Crippen LogP contribution >= 0.6 is 0 Å². The molecular formula is C23H22FNO3. The van der Waals surface area contributed by atoms with Gasteiger partial charge in [0.05, 0.1) is 0 Å². The number of amides is 1. The van der Waals surface area contributed by atoms with Gasteiger partial charge in [-0.3, -0.25) is 4.79 Å². The highest BCUT2D eigenvalue weighted by Crippen LogP contribution is 2.34. The quantitative estimate of drug-likeness (QED) is 0.842. The van der Waals surface area contributed by atoms with Crippen LogP contribution in [0.5, 0.6) is 0 Å². The summed E-state index contributed by atoms with van der Waals surface area (Å²) >= 11 is 0. The zero-order valence-electron chi connectivity index (χ0n) is 15.7. The molecule has 0 saturated heterocycles. The Balaban J connectivity index is 1.68. The number of rotatable bonds is 4. The zero-order valence-corrected chi connectivity index (χ0v) is 15.7. The summed E-state index contributed by atoms with van der Waals surface area (Å²) in [6, 6.07) is 9.80. The summed E-state index contributed by atoms with van der Waals surface area (Å²) in [5, 5.41) is 12.7. The van der Waals surface area contributed by atoms with Crippen molar-refractivity contribution in [1.29, 1.82) is 0 Å². The SMILES string of the molecule is Cc1cccc(C(=O)NC2(C(=O)O)Cc3ccc(F)cc3C2)c1C1=CCCC1. The van der Waals surface area contributed by atoms with Crippen molar-refractivity contribution in [3.05, 3.63) is 76.1 Å². The highest BCUT2D eigenvalue weighted by molar-refractivity contribution is 6.02. The van der Waals surface area contributed by atoms with Crippen LogP contribution in [0.2, 0.25) is 0 Å². The number of fused-ring (bicyclic) bond motifs is 1. The molecule has 144 valence electrons. The first kappa shape index (κ1) is 18.4. The van der Waals surface area contributed by atoms with E-state index in [1.54, 1.807) is 12.1 Å². The maximum absolute atomic E-state index is 13.6. The molecule has 0 bridgehead atoms. The van der Waals surface area contributed by atoms with E-state index >= 15 is 0 Å². The van der Waals surface area contributed by atoms with E-state index in [9.17, 15) is 19.1 Å². The van der Waals surface area contributed by atoms with Crippen molar-refractivity contribution >= 4 is 17.4 Å². The fraction of sp³-hybridized carbons (Fsp3) is 0.304. The summed E-state index contributed by atoms with van der Waals surface area (Å²) < 4.78 is 13.6. The number of aliphatic carboxylic acids is 1. The maximum Gasteiger partial charge on any atom is 0.330 e. The molecule has 0 aromatic heterocycles. The Kier molecular flexibility index (Phi) is 4.53. The highest BCUT2D eigenvalue weighted by atomic mass is 19.1. The molecule has 0 aliphatic heterocycles. The molecule has 0 spiro atoms. The average molecular weight is 379 g/mol. The number of carbonyl (C=O) groups excluding carboxylic acids is 1. The van der Waals surface area contributed by atoms with Crippen molar-refractivity contribution in [2.24, 2.45) is 0 Å². The Morgan fingerprint density at radius 2 is 1.93 bits per heavy atom. The smallest absolute Gasteiger partial charge is 0.330 e. The second-order valence-corrected chi connectivity index (χ2v) is 7.73. The molecule has 5 heteroatoms. The summed E-state index contributed by atoms with van der Waals surface area (Å²) in [6.07, 6.45) is 5.34. The summed E-state index contributed by atoms with van der Waals surface area (Å²) in [5.41, 5.74) is 3.47. The van der Waals surface area contributed by atoms with Crippen molar-refractivity contribution in [1.82, 2.24) is 5.32 Å². The third-order valence-corrected chi connectivity index (χ3v) is 5.79. The van der Waals surface area contributed by atoms with E-state index in [1.165, 1.54) is 12.1 Å². The lowest BCUT2D eigenvalue weighted by molar-refractivity contribution is -0.144. The van der Waals surface area contributed by atoms with Crippen LogP contribution in [0.25, 0.3) is 5.57 Å². The van der Waals surface area contributed by atoms with Gasteiger partial charge in [-0.25, -0.2) is 9.18 Å². The van der Waals surface area contributed by atoms with Gasteiger partial charge in [-0.1, -0.05) is 24.3 Å². The molecule has 2 aliphatic rings. The normalized spacial score (nSPS) is 20.6. The molecule has 1 atom stereocenters. The monoisotopic (exact) mass is 379 g/mol. The Bertz CT molecular complexity index is 1010. The average Bonchev–Trinajstić information content (AvgIpc) is 3.29. The number of hydrogen-bond donors (Lipinski definition) is 2. The van der Waals surface area contributed by atoms with Gasteiger partial charge in [-0.15, -0.1) is 0 Å². The Morgan fingerprint density at radius 1 is 1.14 bits per heavy atom. The van der Waals surface area contributed by atoms with Crippen molar-refractivity contribution < 1.29 is 19.1 Å². The Hall–Kier alpha value is -2.95. The minimum absolute atomic E-state index is 0.0744. The van der Waals surface area contributed by atoms with Crippen molar-refractivity contribution in [3.63, 3.8) is 0 Å². The van der Waals surface area contributed by atoms with Gasteiger partial charge in [0.15, 0.2) is 0 Å². The highest BCUT2D eigenvalue weighted by Gasteiger charge is 2.46. The Morgan fingerprint density at radius 3 is 2.64 bits per heavy atom. The van der Waals surface area contributed by atoms with Crippen LogP contribution in [0.15, 0.2) is 42.5 Å². The predicted molar refractivity (Wildman–Crippen MR) is 105 cm³/mol. The predicted octanol–water partition coefficient (Wildman–Crippen LogP) is 4.05. The third kappa shape index (κ3) is 3.11. The minimum Gasteiger partial charge on any atom is -0.479 e. The molecule has 28 heavy (non-hydrogen) atoms. The van der Waals surface area contributed by atoms with Crippen molar-refractivity contribution in [2.45, 2.75) is 44.6 Å². The van der Waals surface area contributed by atoms with Crippen LogP contribution in [-0.4, -0.2) is 22.5 Å². The van der Waals surface area contributed by atoms with E-state index < -0.39 is 23.2 Å². The fourth-order valence-electron chi connectivity index (χ4n) is 4.40. The molecule has 0 radical (unpaired) electrons. The molecule has 2 aromatic rings. The number of carboxylic acids is 1. The van der Waals surface area contributed by atoms with E-state index in [2.05, 4.69) is 11.4 Å². The number of aryl methyl sites for hydroxylation is 1. The van der Waals surface area contributed by atoms with Gasteiger partial charge < -0.3 is 10.4 Å². The van der Waals surface area contributed by atoms with E-state index in [-0.39, 0.29) is 12.8 Å². The molecule has 0 heterocycles. The lowest BCUT2D eigenvalue weighted by Crippen LogP contribution is -2.55. The number of carboxylic acid groups (broad SMARTS) is 1. The number of benzene rings is 2. The van der Waals surface area contributed by atoms with Crippen LogP contribution in [-0.2, 0) is 17.6 Å². The number of halogens is 1. The number of nitrogens with one attached hydrogen (secondary N) is 1. The molecular weight excluding hydrogens is 357 g/mol. The molecule has 2 N–H and O–H groups in total. The maximum atomic E-state index is 13.6. The van der Waals surface area contributed by atoms with E-state index in [0.29, 0.717) is 11.1 Å².